The summed E-state index contributed by atoms with van der Waals surface area (Å²) in [6.07, 6.45) is 2.35. The highest BCUT2D eigenvalue weighted by molar-refractivity contribution is 6.05. The molecule has 0 fully saturated rings. The van der Waals surface area contributed by atoms with Crippen molar-refractivity contribution < 1.29 is 9.32 Å². The second-order valence-corrected chi connectivity index (χ2v) is 6.13. The number of carbonyl (C=O) groups excluding carboxylic acids is 1. The predicted octanol–water partition coefficient (Wildman–Crippen LogP) is 3.23. The third-order valence-corrected chi connectivity index (χ3v) is 3.41. The summed E-state index contributed by atoms with van der Waals surface area (Å²) < 4.78 is 6.97. The van der Waals surface area contributed by atoms with E-state index in [-0.39, 0.29) is 11.4 Å². The zero-order valence-corrected chi connectivity index (χ0v) is 13.5. The standard InChI is InChI=1S/C16H20N4O2/c1-6-12-14(10(2)22-19-12)15(21)18-13-7-11(8-17)9-20(13)16(3,4)5/h7,9H,6H2,1-5H3,(H,18,21). The number of nitrogens with one attached hydrogen (secondary N) is 1. The Labute approximate surface area is 129 Å². The largest absolute Gasteiger partial charge is 0.361 e. The summed E-state index contributed by atoms with van der Waals surface area (Å²) in [5, 5.41) is 15.8. The molecular weight excluding hydrogens is 280 g/mol. The van der Waals surface area contributed by atoms with Crippen molar-refractivity contribution in [3.63, 3.8) is 0 Å². The number of hydrogen-bond acceptors (Lipinski definition) is 4. The van der Waals surface area contributed by atoms with E-state index in [2.05, 4.69) is 16.5 Å². The number of amides is 1. The van der Waals surface area contributed by atoms with Crippen molar-refractivity contribution in [3.8, 4) is 6.07 Å². The van der Waals surface area contributed by atoms with Gasteiger partial charge in [0.25, 0.3) is 5.91 Å². The van der Waals surface area contributed by atoms with Gasteiger partial charge in [0.2, 0.25) is 0 Å². The van der Waals surface area contributed by atoms with Gasteiger partial charge in [0, 0.05) is 11.7 Å². The second kappa shape index (κ2) is 5.68. The first-order chi connectivity index (χ1) is 10.3. The Morgan fingerprint density at radius 2 is 2.18 bits per heavy atom. The monoisotopic (exact) mass is 300 g/mol. The molecule has 6 heteroatoms. The fourth-order valence-corrected chi connectivity index (χ4v) is 2.30. The number of aromatic nitrogens is 2. The summed E-state index contributed by atoms with van der Waals surface area (Å²) >= 11 is 0. The molecule has 2 rings (SSSR count). The molecule has 2 aromatic rings. The third-order valence-electron chi connectivity index (χ3n) is 3.41. The van der Waals surface area contributed by atoms with E-state index < -0.39 is 0 Å². The van der Waals surface area contributed by atoms with Crippen LogP contribution in [0.15, 0.2) is 16.8 Å². The topological polar surface area (TPSA) is 83.8 Å². The summed E-state index contributed by atoms with van der Waals surface area (Å²) in [7, 11) is 0. The molecule has 22 heavy (non-hydrogen) atoms. The lowest BCUT2D eigenvalue weighted by molar-refractivity contribution is 0.102. The van der Waals surface area contributed by atoms with E-state index in [1.54, 1.807) is 19.2 Å². The van der Waals surface area contributed by atoms with Gasteiger partial charge in [-0.3, -0.25) is 4.79 Å². The van der Waals surface area contributed by atoms with Gasteiger partial charge in [-0.15, -0.1) is 0 Å². The highest BCUT2D eigenvalue weighted by Crippen LogP contribution is 2.25. The Kier molecular flexibility index (Phi) is 4.09. The Hall–Kier alpha value is -2.55. The van der Waals surface area contributed by atoms with Crippen molar-refractivity contribution in [2.75, 3.05) is 5.32 Å². The fraction of sp³-hybridized carbons (Fsp3) is 0.438. The number of carbonyl (C=O) groups is 1. The maximum Gasteiger partial charge on any atom is 0.262 e. The lowest BCUT2D eigenvalue weighted by atomic mass is 10.1. The fourth-order valence-electron chi connectivity index (χ4n) is 2.30. The van der Waals surface area contributed by atoms with E-state index in [1.807, 2.05) is 32.3 Å². The molecule has 1 amide bonds. The van der Waals surface area contributed by atoms with Crippen LogP contribution < -0.4 is 5.32 Å². The van der Waals surface area contributed by atoms with Crippen LogP contribution in [0.3, 0.4) is 0 Å². The summed E-state index contributed by atoms with van der Waals surface area (Å²) in [6.45, 7) is 9.65. The summed E-state index contributed by atoms with van der Waals surface area (Å²) in [4.78, 5) is 12.5. The smallest absolute Gasteiger partial charge is 0.262 e. The molecule has 0 aliphatic carbocycles. The van der Waals surface area contributed by atoms with Crippen molar-refractivity contribution in [1.29, 1.82) is 5.26 Å². The SMILES string of the molecule is CCc1noc(C)c1C(=O)Nc1cc(C#N)cn1C(C)(C)C. The number of rotatable bonds is 3. The highest BCUT2D eigenvalue weighted by atomic mass is 16.5. The van der Waals surface area contributed by atoms with Gasteiger partial charge < -0.3 is 14.4 Å². The first kappa shape index (κ1) is 15.8. The van der Waals surface area contributed by atoms with Crippen LogP contribution in [0.25, 0.3) is 0 Å². The molecule has 0 bridgehead atoms. The van der Waals surface area contributed by atoms with Crippen molar-refractivity contribution >= 4 is 11.7 Å². The van der Waals surface area contributed by atoms with Gasteiger partial charge in [-0.25, -0.2) is 0 Å². The van der Waals surface area contributed by atoms with Crippen LogP contribution in [0.4, 0.5) is 5.82 Å². The molecule has 2 aromatic heterocycles. The molecule has 0 aliphatic heterocycles. The average Bonchev–Trinajstić information content (AvgIpc) is 3.01. The molecule has 0 saturated heterocycles. The first-order valence-electron chi connectivity index (χ1n) is 7.17. The first-order valence-corrected chi connectivity index (χ1v) is 7.17. The van der Waals surface area contributed by atoms with Gasteiger partial charge in [-0.1, -0.05) is 12.1 Å². The molecule has 116 valence electrons. The molecule has 0 unspecified atom stereocenters. The van der Waals surface area contributed by atoms with Crippen LogP contribution in [0.1, 0.15) is 55.1 Å². The summed E-state index contributed by atoms with van der Waals surface area (Å²) in [5.41, 5.74) is 1.34. The van der Waals surface area contributed by atoms with Crippen LogP contribution in [0.5, 0.6) is 0 Å². The molecule has 0 aromatic carbocycles. The minimum atomic E-state index is -0.274. The van der Waals surface area contributed by atoms with Crippen LogP contribution >= 0.6 is 0 Å². The summed E-state index contributed by atoms with van der Waals surface area (Å²) in [5.74, 6) is 0.795. The van der Waals surface area contributed by atoms with Gasteiger partial charge >= 0.3 is 0 Å². The zero-order valence-electron chi connectivity index (χ0n) is 13.5. The van der Waals surface area contributed by atoms with Crippen LogP contribution in [0, 0.1) is 18.3 Å². The Morgan fingerprint density at radius 3 is 2.73 bits per heavy atom. The molecule has 6 nitrogen and oxygen atoms in total. The van der Waals surface area contributed by atoms with Gasteiger partial charge in [0.05, 0.1) is 11.3 Å². The van der Waals surface area contributed by atoms with Crippen LogP contribution in [0.2, 0.25) is 0 Å². The van der Waals surface area contributed by atoms with Gasteiger partial charge in [0.1, 0.15) is 23.2 Å². The molecule has 0 saturated carbocycles. The van der Waals surface area contributed by atoms with E-state index in [0.29, 0.717) is 34.8 Å². The van der Waals surface area contributed by atoms with Crippen LogP contribution in [-0.4, -0.2) is 15.6 Å². The lowest BCUT2D eigenvalue weighted by Crippen LogP contribution is -2.25. The van der Waals surface area contributed by atoms with Gasteiger partial charge in [-0.05, 0) is 40.2 Å². The van der Waals surface area contributed by atoms with E-state index in [1.165, 1.54) is 0 Å². The minimum Gasteiger partial charge on any atom is -0.361 e. The maximum atomic E-state index is 12.5. The average molecular weight is 300 g/mol. The Balaban J connectivity index is 2.39. The minimum absolute atomic E-state index is 0.255. The molecule has 0 spiro atoms. The summed E-state index contributed by atoms with van der Waals surface area (Å²) in [6, 6.07) is 3.76. The molecule has 2 heterocycles. The molecular formula is C16H20N4O2. The predicted molar refractivity (Wildman–Crippen MR) is 82.7 cm³/mol. The Morgan fingerprint density at radius 1 is 1.50 bits per heavy atom. The van der Waals surface area contributed by atoms with Gasteiger partial charge in [-0.2, -0.15) is 5.26 Å². The quantitative estimate of drug-likeness (QED) is 0.943. The van der Waals surface area contributed by atoms with Crippen molar-refractivity contribution in [1.82, 2.24) is 9.72 Å². The second-order valence-electron chi connectivity index (χ2n) is 6.13. The van der Waals surface area contributed by atoms with Crippen molar-refractivity contribution in [2.45, 2.75) is 46.6 Å². The molecule has 0 radical (unpaired) electrons. The van der Waals surface area contributed by atoms with E-state index >= 15 is 0 Å². The Bertz CT molecular complexity index is 741. The van der Waals surface area contributed by atoms with E-state index in [0.717, 1.165) is 0 Å². The number of hydrogen-bond donors (Lipinski definition) is 1. The van der Waals surface area contributed by atoms with Crippen molar-refractivity contribution in [3.05, 3.63) is 34.8 Å². The van der Waals surface area contributed by atoms with E-state index in [9.17, 15) is 4.79 Å². The molecule has 0 atom stereocenters. The number of anilines is 1. The maximum absolute atomic E-state index is 12.5. The molecule has 1 N–H and O–H groups in total. The zero-order chi connectivity index (χ0) is 16.5. The van der Waals surface area contributed by atoms with E-state index in [4.69, 9.17) is 9.78 Å². The third kappa shape index (κ3) is 2.89. The highest BCUT2D eigenvalue weighted by Gasteiger charge is 2.23. The molecule has 0 aliphatic rings. The number of nitriles is 1. The van der Waals surface area contributed by atoms with Crippen LogP contribution in [-0.2, 0) is 12.0 Å². The normalized spacial score (nSPS) is 11.3. The number of nitrogens with zero attached hydrogens (tertiary/aromatic N) is 3. The van der Waals surface area contributed by atoms with Crippen molar-refractivity contribution in [2.24, 2.45) is 0 Å². The van der Waals surface area contributed by atoms with Gasteiger partial charge in [0.15, 0.2) is 0 Å². The number of aryl methyl sites for hydroxylation is 2. The lowest BCUT2D eigenvalue weighted by Gasteiger charge is -2.24.